The van der Waals surface area contributed by atoms with Crippen molar-refractivity contribution in [3.05, 3.63) is 46.0 Å². The molecule has 0 aliphatic carbocycles. The molecule has 4 heteroatoms. The average Bonchev–Trinajstić information content (AvgIpc) is 2.26. The van der Waals surface area contributed by atoms with Crippen LogP contribution in [0.25, 0.3) is 5.65 Å². The molecule has 2 heterocycles. The summed E-state index contributed by atoms with van der Waals surface area (Å²) in [6, 6.07) is 5.50. The third-order valence-electron chi connectivity index (χ3n) is 2.39. The highest BCUT2D eigenvalue weighted by molar-refractivity contribution is 6.17. The van der Waals surface area contributed by atoms with Crippen LogP contribution in [0.3, 0.4) is 0 Å². The minimum absolute atomic E-state index is 0.0132. The maximum atomic E-state index is 11.9. The molecule has 2 aromatic rings. The van der Waals surface area contributed by atoms with Gasteiger partial charge in [0.15, 0.2) is 0 Å². The van der Waals surface area contributed by atoms with Crippen molar-refractivity contribution >= 4 is 17.2 Å². The maximum Gasteiger partial charge on any atom is 0.261 e. The highest BCUT2D eigenvalue weighted by Gasteiger charge is 2.07. The Morgan fingerprint density at radius 2 is 2.27 bits per heavy atom. The molecule has 0 saturated heterocycles. The monoisotopic (exact) mass is 222 g/mol. The molecular formula is C11H11ClN2O. The van der Waals surface area contributed by atoms with E-state index in [4.69, 9.17) is 11.6 Å². The number of rotatable bonds is 2. The summed E-state index contributed by atoms with van der Waals surface area (Å²) in [4.78, 5) is 16.3. The number of aryl methyl sites for hydroxylation is 1. The molecule has 78 valence electrons. The Labute approximate surface area is 92.3 Å². The summed E-state index contributed by atoms with van der Waals surface area (Å²) >= 11 is 5.66. The molecule has 0 saturated carbocycles. The lowest BCUT2D eigenvalue weighted by molar-refractivity contribution is 0.937. The summed E-state index contributed by atoms with van der Waals surface area (Å²) < 4.78 is 1.55. The van der Waals surface area contributed by atoms with Crippen LogP contribution in [0.15, 0.2) is 29.2 Å². The lowest BCUT2D eigenvalue weighted by Crippen LogP contribution is -2.20. The molecule has 2 rings (SSSR count). The molecule has 15 heavy (non-hydrogen) atoms. The smallest absolute Gasteiger partial charge is 0.261 e. The van der Waals surface area contributed by atoms with Crippen molar-refractivity contribution in [1.82, 2.24) is 9.38 Å². The fraction of sp³-hybridized carbons (Fsp3) is 0.273. The Kier molecular flexibility index (Phi) is 2.73. The third kappa shape index (κ3) is 1.75. The number of nitrogens with zero attached hydrogens (tertiary/aromatic N) is 2. The SMILES string of the molecule is Cc1c(CCCl)nc2ccccn2c1=O. The van der Waals surface area contributed by atoms with Gasteiger partial charge in [-0.05, 0) is 19.1 Å². The molecule has 0 N–H and O–H groups in total. The molecule has 0 radical (unpaired) electrons. The minimum Gasteiger partial charge on any atom is -0.269 e. The quantitative estimate of drug-likeness (QED) is 0.726. The zero-order valence-electron chi connectivity index (χ0n) is 8.40. The number of hydrogen-bond acceptors (Lipinski definition) is 2. The van der Waals surface area contributed by atoms with E-state index in [9.17, 15) is 4.79 Å². The molecule has 0 spiro atoms. The Morgan fingerprint density at radius 3 is 3.00 bits per heavy atom. The summed E-state index contributed by atoms with van der Waals surface area (Å²) in [7, 11) is 0. The van der Waals surface area contributed by atoms with Gasteiger partial charge in [-0.1, -0.05) is 6.07 Å². The van der Waals surface area contributed by atoms with E-state index in [-0.39, 0.29) is 5.56 Å². The van der Waals surface area contributed by atoms with Gasteiger partial charge in [0.2, 0.25) is 0 Å². The first-order valence-electron chi connectivity index (χ1n) is 4.77. The lowest BCUT2D eigenvalue weighted by Gasteiger charge is -2.05. The highest BCUT2D eigenvalue weighted by Crippen LogP contribution is 2.05. The second kappa shape index (κ2) is 4.03. The Hall–Kier alpha value is -1.35. The molecule has 0 aliphatic rings. The number of aromatic nitrogens is 2. The van der Waals surface area contributed by atoms with Crippen LogP contribution in [-0.2, 0) is 6.42 Å². The molecule has 0 bridgehead atoms. The van der Waals surface area contributed by atoms with Crippen molar-refractivity contribution < 1.29 is 0 Å². The van der Waals surface area contributed by atoms with Crippen molar-refractivity contribution in [3.8, 4) is 0 Å². The largest absolute Gasteiger partial charge is 0.269 e. The Morgan fingerprint density at radius 1 is 1.47 bits per heavy atom. The molecule has 0 aromatic carbocycles. The van der Waals surface area contributed by atoms with E-state index >= 15 is 0 Å². The van der Waals surface area contributed by atoms with Crippen LogP contribution >= 0.6 is 11.6 Å². The van der Waals surface area contributed by atoms with Crippen LogP contribution in [0.2, 0.25) is 0 Å². The van der Waals surface area contributed by atoms with Crippen LogP contribution < -0.4 is 5.56 Å². The molecule has 0 unspecified atom stereocenters. The van der Waals surface area contributed by atoms with Crippen molar-refractivity contribution in [2.75, 3.05) is 5.88 Å². The van der Waals surface area contributed by atoms with Gasteiger partial charge in [-0.2, -0.15) is 0 Å². The number of pyridine rings is 1. The second-order valence-electron chi connectivity index (χ2n) is 3.36. The average molecular weight is 223 g/mol. The molecule has 0 aliphatic heterocycles. The summed E-state index contributed by atoms with van der Waals surface area (Å²) in [6.07, 6.45) is 2.36. The minimum atomic E-state index is -0.0132. The first kappa shape index (κ1) is 10.2. The van der Waals surface area contributed by atoms with Crippen molar-refractivity contribution in [1.29, 1.82) is 0 Å². The summed E-state index contributed by atoms with van der Waals surface area (Å²) in [5, 5.41) is 0. The van der Waals surface area contributed by atoms with E-state index in [1.165, 1.54) is 0 Å². The summed E-state index contributed by atoms with van der Waals surface area (Å²) in [6.45, 7) is 1.79. The van der Waals surface area contributed by atoms with E-state index in [0.717, 1.165) is 5.69 Å². The van der Waals surface area contributed by atoms with Gasteiger partial charge < -0.3 is 0 Å². The molecule has 3 nitrogen and oxygen atoms in total. The van der Waals surface area contributed by atoms with Gasteiger partial charge in [0.1, 0.15) is 5.65 Å². The van der Waals surface area contributed by atoms with Crippen LogP contribution in [0.5, 0.6) is 0 Å². The fourth-order valence-electron chi connectivity index (χ4n) is 1.56. The zero-order chi connectivity index (χ0) is 10.8. The van der Waals surface area contributed by atoms with Gasteiger partial charge in [-0.15, -0.1) is 11.6 Å². The Bertz CT molecular complexity index is 548. The van der Waals surface area contributed by atoms with Crippen LogP contribution in [0, 0.1) is 6.92 Å². The van der Waals surface area contributed by atoms with Gasteiger partial charge in [-0.25, -0.2) is 4.98 Å². The predicted molar refractivity (Wildman–Crippen MR) is 60.6 cm³/mol. The van der Waals surface area contributed by atoms with Gasteiger partial charge in [-0.3, -0.25) is 9.20 Å². The zero-order valence-corrected chi connectivity index (χ0v) is 9.16. The van der Waals surface area contributed by atoms with E-state index in [0.29, 0.717) is 23.5 Å². The van der Waals surface area contributed by atoms with Crippen molar-refractivity contribution in [3.63, 3.8) is 0 Å². The van der Waals surface area contributed by atoms with E-state index < -0.39 is 0 Å². The standard InChI is InChI=1S/C11H11ClN2O/c1-8-9(5-6-12)13-10-4-2-3-7-14(10)11(8)15/h2-4,7H,5-6H2,1H3. The number of fused-ring (bicyclic) bond motifs is 1. The fourth-order valence-corrected chi connectivity index (χ4v) is 1.74. The first-order valence-corrected chi connectivity index (χ1v) is 5.30. The molecule has 0 atom stereocenters. The van der Waals surface area contributed by atoms with Gasteiger partial charge in [0, 0.05) is 24.1 Å². The molecule has 2 aromatic heterocycles. The maximum absolute atomic E-state index is 11.9. The van der Waals surface area contributed by atoms with Crippen LogP contribution in [-0.4, -0.2) is 15.3 Å². The Balaban J connectivity index is 2.77. The van der Waals surface area contributed by atoms with E-state index in [2.05, 4.69) is 4.98 Å². The van der Waals surface area contributed by atoms with Gasteiger partial charge >= 0.3 is 0 Å². The first-order chi connectivity index (χ1) is 7.24. The van der Waals surface area contributed by atoms with Gasteiger partial charge in [0.25, 0.3) is 5.56 Å². The topological polar surface area (TPSA) is 34.4 Å². The summed E-state index contributed by atoms with van der Waals surface area (Å²) in [5.74, 6) is 0.482. The van der Waals surface area contributed by atoms with E-state index in [1.54, 1.807) is 17.5 Å². The predicted octanol–water partition coefficient (Wildman–Crippen LogP) is 1.78. The third-order valence-corrected chi connectivity index (χ3v) is 2.58. The summed E-state index contributed by atoms with van der Waals surface area (Å²) in [5.41, 5.74) is 2.13. The van der Waals surface area contributed by atoms with E-state index in [1.807, 2.05) is 18.2 Å². The van der Waals surface area contributed by atoms with Gasteiger partial charge in [0.05, 0.1) is 5.69 Å². The normalized spacial score (nSPS) is 10.8. The second-order valence-corrected chi connectivity index (χ2v) is 3.73. The van der Waals surface area contributed by atoms with Crippen LogP contribution in [0.1, 0.15) is 11.3 Å². The molecule has 0 amide bonds. The number of hydrogen-bond donors (Lipinski definition) is 0. The number of alkyl halides is 1. The van der Waals surface area contributed by atoms with Crippen molar-refractivity contribution in [2.45, 2.75) is 13.3 Å². The van der Waals surface area contributed by atoms with Crippen LogP contribution in [0.4, 0.5) is 0 Å². The van der Waals surface area contributed by atoms with Crippen molar-refractivity contribution in [2.24, 2.45) is 0 Å². The number of halogens is 1. The lowest BCUT2D eigenvalue weighted by atomic mass is 10.2. The molecular weight excluding hydrogens is 212 g/mol. The molecule has 0 fully saturated rings. The highest BCUT2D eigenvalue weighted by atomic mass is 35.5.